The van der Waals surface area contributed by atoms with E-state index in [-0.39, 0.29) is 16.1 Å². The largest absolute Gasteiger partial charge is 0.465 e. The van der Waals surface area contributed by atoms with Crippen molar-refractivity contribution in [2.45, 2.75) is 6.92 Å². The van der Waals surface area contributed by atoms with Crippen molar-refractivity contribution in [1.29, 1.82) is 0 Å². The number of carbonyl (C=O) groups excluding carboxylic acids is 2. The fourth-order valence-corrected chi connectivity index (χ4v) is 1.39. The lowest BCUT2D eigenvalue weighted by Crippen LogP contribution is -2.08. The second-order valence-electron chi connectivity index (χ2n) is 2.76. The molecule has 1 aromatic rings. The van der Waals surface area contributed by atoms with E-state index in [4.69, 9.17) is 11.6 Å². The molecule has 0 aliphatic heterocycles. The fraction of sp³-hybridized carbons (Fsp3) is 0.200. The molecule has 0 aliphatic carbocycles. The number of carbonyl (C=O) groups is 2. The minimum atomic E-state index is -0.549. The summed E-state index contributed by atoms with van der Waals surface area (Å²) in [5, 5.41) is 0.256. The van der Waals surface area contributed by atoms with Gasteiger partial charge >= 0.3 is 5.97 Å². The van der Waals surface area contributed by atoms with Crippen LogP contribution in [0.2, 0.25) is 5.02 Å². The average molecular weight is 213 g/mol. The van der Waals surface area contributed by atoms with Gasteiger partial charge in [0.2, 0.25) is 0 Å². The quantitative estimate of drug-likeness (QED) is 0.558. The number of aryl methyl sites for hydroxylation is 1. The summed E-state index contributed by atoms with van der Waals surface area (Å²) in [6.45, 7) is 1.72. The molecule has 1 aromatic carbocycles. The maximum absolute atomic E-state index is 11.3. The van der Waals surface area contributed by atoms with Crippen LogP contribution in [0.1, 0.15) is 26.3 Å². The summed E-state index contributed by atoms with van der Waals surface area (Å²) < 4.78 is 4.56. The predicted molar refractivity (Wildman–Crippen MR) is 52.9 cm³/mol. The van der Waals surface area contributed by atoms with Gasteiger partial charge in [-0.15, -0.1) is 0 Å². The monoisotopic (exact) mass is 212 g/mol. The Labute approximate surface area is 86.6 Å². The molecule has 0 radical (unpaired) electrons. The Hall–Kier alpha value is -1.35. The van der Waals surface area contributed by atoms with Crippen LogP contribution in [-0.4, -0.2) is 19.4 Å². The molecule has 0 saturated heterocycles. The molecule has 0 unspecified atom stereocenters. The highest BCUT2D eigenvalue weighted by molar-refractivity contribution is 6.33. The van der Waals surface area contributed by atoms with Crippen LogP contribution in [0.5, 0.6) is 0 Å². The summed E-state index contributed by atoms with van der Waals surface area (Å²) in [4.78, 5) is 22.1. The van der Waals surface area contributed by atoms with Crippen LogP contribution in [0.3, 0.4) is 0 Å². The molecule has 4 heteroatoms. The van der Waals surface area contributed by atoms with Gasteiger partial charge < -0.3 is 4.74 Å². The van der Waals surface area contributed by atoms with Crippen molar-refractivity contribution in [1.82, 2.24) is 0 Å². The van der Waals surface area contributed by atoms with Gasteiger partial charge in [-0.2, -0.15) is 0 Å². The van der Waals surface area contributed by atoms with Gasteiger partial charge in [0.05, 0.1) is 17.7 Å². The number of halogens is 1. The molecule has 0 fully saturated rings. The first kappa shape index (κ1) is 10.7. The zero-order valence-corrected chi connectivity index (χ0v) is 8.59. The van der Waals surface area contributed by atoms with Gasteiger partial charge in [-0.25, -0.2) is 4.79 Å². The van der Waals surface area contributed by atoms with Crippen LogP contribution >= 0.6 is 11.6 Å². The zero-order valence-electron chi connectivity index (χ0n) is 7.83. The zero-order chi connectivity index (χ0) is 10.7. The summed E-state index contributed by atoms with van der Waals surface area (Å²) in [7, 11) is 1.26. The van der Waals surface area contributed by atoms with Crippen LogP contribution in [0.4, 0.5) is 0 Å². The van der Waals surface area contributed by atoms with Gasteiger partial charge in [-0.05, 0) is 18.6 Å². The van der Waals surface area contributed by atoms with Crippen LogP contribution < -0.4 is 0 Å². The Morgan fingerprint density at radius 3 is 2.64 bits per heavy atom. The fourth-order valence-electron chi connectivity index (χ4n) is 1.19. The summed E-state index contributed by atoms with van der Waals surface area (Å²) >= 11 is 5.76. The normalized spacial score (nSPS) is 9.64. The Balaban J connectivity index is 3.44. The molecule has 0 amide bonds. The van der Waals surface area contributed by atoms with E-state index in [0.29, 0.717) is 11.8 Å². The summed E-state index contributed by atoms with van der Waals surface area (Å²) in [5.74, 6) is -0.549. The molecule has 0 N–H and O–H groups in total. The van der Waals surface area contributed by atoms with Crippen molar-refractivity contribution in [3.05, 3.63) is 33.8 Å². The number of hydrogen-bond donors (Lipinski definition) is 0. The standard InChI is InChI=1S/C10H9ClO3/c1-6-3-4-8(11)7(5-12)9(6)10(13)14-2/h3-5H,1-2H3. The first-order valence-corrected chi connectivity index (χ1v) is 4.32. The third kappa shape index (κ3) is 1.77. The van der Waals surface area contributed by atoms with Crippen molar-refractivity contribution in [2.75, 3.05) is 7.11 Å². The highest BCUT2D eigenvalue weighted by Gasteiger charge is 2.16. The summed E-state index contributed by atoms with van der Waals surface area (Å²) in [6, 6.07) is 3.24. The molecule has 0 aromatic heterocycles. The average Bonchev–Trinajstić information content (AvgIpc) is 2.19. The smallest absolute Gasteiger partial charge is 0.338 e. The van der Waals surface area contributed by atoms with E-state index >= 15 is 0 Å². The van der Waals surface area contributed by atoms with Gasteiger partial charge in [0, 0.05) is 5.56 Å². The molecule has 0 spiro atoms. The third-order valence-electron chi connectivity index (χ3n) is 1.91. The maximum Gasteiger partial charge on any atom is 0.338 e. The van der Waals surface area contributed by atoms with Gasteiger partial charge in [0.15, 0.2) is 6.29 Å². The third-order valence-corrected chi connectivity index (χ3v) is 2.24. The lowest BCUT2D eigenvalue weighted by molar-refractivity contribution is 0.0597. The lowest BCUT2D eigenvalue weighted by atomic mass is 10.0. The summed E-state index contributed by atoms with van der Waals surface area (Å²) in [5.41, 5.74) is 1.08. The Morgan fingerprint density at radius 2 is 2.14 bits per heavy atom. The number of methoxy groups -OCH3 is 1. The maximum atomic E-state index is 11.3. The van der Waals surface area contributed by atoms with Gasteiger partial charge in [0.25, 0.3) is 0 Å². The lowest BCUT2D eigenvalue weighted by Gasteiger charge is -2.07. The highest BCUT2D eigenvalue weighted by Crippen LogP contribution is 2.22. The number of rotatable bonds is 2. The number of hydrogen-bond acceptors (Lipinski definition) is 3. The summed E-state index contributed by atoms with van der Waals surface area (Å²) in [6.07, 6.45) is 0.557. The molecule has 1 rings (SSSR count). The van der Waals surface area contributed by atoms with E-state index in [1.807, 2.05) is 0 Å². The number of esters is 1. The Bertz CT molecular complexity index is 385. The van der Waals surface area contributed by atoms with E-state index in [0.717, 1.165) is 0 Å². The molecule has 14 heavy (non-hydrogen) atoms. The van der Waals surface area contributed by atoms with Crippen molar-refractivity contribution in [3.63, 3.8) is 0 Å². The Kier molecular flexibility index (Phi) is 3.25. The minimum Gasteiger partial charge on any atom is -0.465 e. The van der Waals surface area contributed by atoms with Crippen molar-refractivity contribution in [2.24, 2.45) is 0 Å². The molecule has 0 bridgehead atoms. The van der Waals surface area contributed by atoms with Gasteiger partial charge in [-0.3, -0.25) is 4.79 Å². The number of aldehydes is 1. The van der Waals surface area contributed by atoms with E-state index < -0.39 is 5.97 Å². The van der Waals surface area contributed by atoms with E-state index in [1.165, 1.54) is 7.11 Å². The van der Waals surface area contributed by atoms with Crippen LogP contribution in [0.15, 0.2) is 12.1 Å². The molecular formula is C10H9ClO3. The second kappa shape index (κ2) is 4.24. The van der Waals surface area contributed by atoms with Crippen LogP contribution in [0.25, 0.3) is 0 Å². The van der Waals surface area contributed by atoms with Crippen LogP contribution in [-0.2, 0) is 4.74 Å². The van der Waals surface area contributed by atoms with E-state index in [1.54, 1.807) is 19.1 Å². The van der Waals surface area contributed by atoms with Crippen LogP contribution in [0, 0.1) is 6.92 Å². The molecular weight excluding hydrogens is 204 g/mol. The van der Waals surface area contributed by atoms with Crippen molar-refractivity contribution >= 4 is 23.9 Å². The number of ether oxygens (including phenoxy) is 1. The van der Waals surface area contributed by atoms with Gasteiger partial charge in [0.1, 0.15) is 0 Å². The molecule has 3 nitrogen and oxygen atoms in total. The first-order chi connectivity index (χ1) is 6.61. The molecule has 74 valence electrons. The van der Waals surface area contributed by atoms with E-state index in [9.17, 15) is 9.59 Å². The minimum absolute atomic E-state index is 0.179. The molecule has 0 atom stereocenters. The molecule has 0 saturated carbocycles. The van der Waals surface area contributed by atoms with Crippen molar-refractivity contribution in [3.8, 4) is 0 Å². The highest BCUT2D eigenvalue weighted by atomic mass is 35.5. The van der Waals surface area contributed by atoms with Gasteiger partial charge in [-0.1, -0.05) is 17.7 Å². The SMILES string of the molecule is COC(=O)c1c(C)ccc(Cl)c1C=O. The molecule has 0 aliphatic rings. The topological polar surface area (TPSA) is 43.4 Å². The molecule has 0 heterocycles. The Morgan fingerprint density at radius 1 is 1.50 bits per heavy atom. The van der Waals surface area contributed by atoms with E-state index in [2.05, 4.69) is 4.74 Å². The van der Waals surface area contributed by atoms with Crippen molar-refractivity contribution < 1.29 is 14.3 Å². The predicted octanol–water partition coefficient (Wildman–Crippen LogP) is 2.25. The number of benzene rings is 1. The second-order valence-corrected chi connectivity index (χ2v) is 3.17. The first-order valence-electron chi connectivity index (χ1n) is 3.94.